The molecule has 0 saturated heterocycles. The van der Waals surface area contributed by atoms with Gasteiger partial charge in [-0.2, -0.15) is 0 Å². The van der Waals surface area contributed by atoms with Crippen molar-refractivity contribution in [2.24, 2.45) is 0 Å². The van der Waals surface area contributed by atoms with Crippen LogP contribution in [0.4, 0.5) is 0 Å². The van der Waals surface area contributed by atoms with Gasteiger partial charge >= 0.3 is 26.9 Å². The minimum atomic E-state index is 0. The molecule has 0 aromatic heterocycles. The van der Waals surface area contributed by atoms with Crippen LogP contribution in [0.3, 0.4) is 0 Å². The summed E-state index contributed by atoms with van der Waals surface area (Å²) in [5, 5.41) is 0. The van der Waals surface area contributed by atoms with Crippen LogP contribution in [0.15, 0.2) is 0 Å². The van der Waals surface area contributed by atoms with Gasteiger partial charge in [0, 0.05) is 0 Å². The van der Waals surface area contributed by atoms with Gasteiger partial charge in [0.2, 0.25) is 0 Å². The van der Waals surface area contributed by atoms with Crippen molar-refractivity contribution in [3.8, 4) is 0 Å². The summed E-state index contributed by atoms with van der Waals surface area (Å²) in [6, 6.07) is 0. The molecule has 0 nitrogen and oxygen atoms in total. The van der Waals surface area contributed by atoms with Crippen LogP contribution in [0, 0.1) is 0 Å². The molecular formula is CH4NiP2. The first-order valence-corrected chi connectivity index (χ1v) is 3.50. The molecule has 0 aromatic rings. The van der Waals surface area contributed by atoms with E-state index in [4.69, 9.17) is 0 Å². The van der Waals surface area contributed by atoms with E-state index in [1.54, 1.807) is 0 Å². The van der Waals surface area contributed by atoms with Crippen LogP contribution in [0.5, 0.6) is 0 Å². The molecule has 0 aliphatic heterocycles. The van der Waals surface area contributed by atoms with Crippen molar-refractivity contribution in [1.82, 2.24) is 0 Å². The van der Waals surface area contributed by atoms with Crippen LogP contribution in [-0.4, -0.2) is 0 Å². The average molecular weight is 137 g/mol. The van der Waals surface area contributed by atoms with Crippen molar-refractivity contribution in [3.05, 3.63) is 0 Å². The van der Waals surface area contributed by atoms with Crippen LogP contribution < -0.4 is 0 Å². The van der Waals surface area contributed by atoms with Crippen molar-refractivity contribution < 1.29 is 12.2 Å². The predicted molar refractivity (Wildman–Crippen MR) is 20.6 cm³/mol. The first-order valence-electron chi connectivity index (χ1n) is 0.283. The van der Waals surface area contributed by atoms with Gasteiger partial charge in [0.05, 0.1) is 0 Å². The van der Waals surface area contributed by atoms with Gasteiger partial charge in [0.15, 0.2) is 0 Å². The molecule has 0 atom stereocenters. The molecular weight excluding hydrogens is 133 g/mol. The summed E-state index contributed by atoms with van der Waals surface area (Å²) in [4.78, 5) is 0. The van der Waals surface area contributed by atoms with E-state index in [9.17, 15) is 0 Å². The van der Waals surface area contributed by atoms with Crippen molar-refractivity contribution in [2.75, 3.05) is 0 Å². The second-order valence-electron chi connectivity index (χ2n) is 0.0632. The maximum atomic E-state index is 3.59. The number of hydrogen-bond donors (Lipinski definition) is 0. The Bertz CT molecular complexity index is 79.2. The molecule has 4 heavy (non-hydrogen) atoms. The zero-order valence-electron chi connectivity index (χ0n) is 1.21. The van der Waals surface area contributed by atoms with E-state index in [0.717, 1.165) is 12.2 Å². The molecule has 0 unspecified atom stereocenters. The van der Waals surface area contributed by atoms with Crippen LogP contribution in [0.1, 0.15) is 7.43 Å². The molecule has 0 bridgehead atoms. The summed E-state index contributed by atoms with van der Waals surface area (Å²) in [6.07, 6.45) is 0. The van der Waals surface area contributed by atoms with Crippen molar-refractivity contribution in [2.45, 2.75) is 7.43 Å². The zero-order valence-corrected chi connectivity index (χ0v) is 3.99. The van der Waals surface area contributed by atoms with Gasteiger partial charge in [0.1, 0.15) is 0 Å². The third-order valence-electron chi connectivity index (χ3n) is 0. The second-order valence-corrected chi connectivity index (χ2v) is 2.35. The van der Waals surface area contributed by atoms with Gasteiger partial charge in [-0.25, -0.2) is 0 Å². The van der Waals surface area contributed by atoms with Gasteiger partial charge in [-0.3, -0.25) is 0 Å². The average Bonchev–Trinajstić information content (AvgIpc) is 0.918. The fraction of sp³-hybridized carbons (Fsp3) is 1.00. The Morgan fingerprint density at radius 2 is 1.25 bits per heavy atom. The van der Waals surface area contributed by atoms with E-state index in [1.165, 1.54) is 0 Å². The Labute approximate surface area is 34.9 Å². The Kier molecular flexibility index (Phi) is 19.9. The molecule has 0 aliphatic rings. The van der Waals surface area contributed by atoms with Gasteiger partial charge < -0.3 is 0 Å². The van der Waals surface area contributed by atoms with Gasteiger partial charge in [-0.05, 0) is 0 Å². The number of rotatable bonds is 0. The summed E-state index contributed by atoms with van der Waals surface area (Å²) < 4.78 is 0. The quantitative estimate of drug-likeness (QED) is 0.354. The van der Waals surface area contributed by atoms with Crippen LogP contribution in [0.25, 0.3) is 0 Å². The monoisotopic (exact) mass is 136 g/mol. The van der Waals surface area contributed by atoms with Crippen LogP contribution in [0.2, 0.25) is 0 Å². The molecule has 0 amide bonds. The molecule has 0 spiro atoms. The molecule has 0 fully saturated rings. The van der Waals surface area contributed by atoms with E-state index >= 15 is 0 Å². The zero-order chi connectivity index (χ0) is 2.71. The Morgan fingerprint density at radius 1 is 1.25 bits per heavy atom. The van der Waals surface area contributed by atoms with Crippen molar-refractivity contribution >= 4 is 14.7 Å². The van der Waals surface area contributed by atoms with Gasteiger partial charge in [0.25, 0.3) is 0 Å². The topological polar surface area (TPSA) is 0 Å². The molecule has 0 rings (SSSR count). The van der Waals surface area contributed by atoms with E-state index in [-0.39, 0.29) is 7.43 Å². The molecule has 0 aromatic carbocycles. The van der Waals surface area contributed by atoms with E-state index < -0.39 is 0 Å². The Morgan fingerprint density at radius 3 is 1.25 bits per heavy atom. The maximum absolute atomic E-state index is 3.59. The van der Waals surface area contributed by atoms with E-state index in [2.05, 4.69) is 14.7 Å². The number of hydrogen-bond acceptors (Lipinski definition) is 0. The third-order valence-corrected chi connectivity index (χ3v) is 0. The van der Waals surface area contributed by atoms with Crippen LogP contribution >= 0.6 is 14.7 Å². The normalized spacial score (nSPS) is 3.50. The SMILES string of the molecule is C.[P]#[Ni]#[P]. The third kappa shape index (κ3) is 10.1. The molecule has 0 saturated carbocycles. The Hall–Kier alpha value is 1.35. The second kappa shape index (κ2) is 8.84. The standard InChI is InChI=1S/CH4.Ni.2P/h1H4;;;. The summed E-state index contributed by atoms with van der Waals surface area (Å²) in [7, 11) is 7.18. The molecule has 0 radical (unpaired) electrons. The summed E-state index contributed by atoms with van der Waals surface area (Å²) in [6.45, 7) is 0. The summed E-state index contributed by atoms with van der Waals surface area (Å²) in [5.41, 5.74) is 0. The molecule has 3 heteroatoms. The first-order chi connectivity index (χ1) is 1.41. The fourth-order valence-electron chi connectivity index (χ4n) is 0. The van der Waals surface area contributed by atoms with Gasteiger partial charge in [-0.1, -0.05) is 7.43 Å². The molecule has 0 aliphatic carbocycles. The first kappa shape index (κ1) is 9.02. The van der Waals surface area contributed by atoms with Gasteiger partial charge in [-0.15, -0.1) is 0 Å². The minimum absolute atomic E-state index is 0. The molecule has 0 N–H and O–H groups in total. The van der Waals surface area contributed by atoms with E-state index in [0.29, 0.717) is 0 Å². The molecule has 0 heterocycles. The summed E-state index contributed by atoms with van der Waals surface area (Å²) >= 11 is 1.01. The van der Waals surface area contributed by atoms with Crippen LogP contribution in [-0.2, 0) is 12.2 Å². The van der Waals surface area contributed by atoms with E-state index in [1.807, 2.05) is 0 Å². The fourth-order valence-corrected chi connectivity index (χ4v) is 0. The Balaban J connectivity index is 0. The summed E-state index contributed by atoms with van der Waals surface area (Å²) in [5.74, 6) is 0. The van der Waals surface area contributed by atoms with Crippen molar-refractivity contribution in [3.63, 3.8) is 0 Å². The van der Waals surface area contributed by atoms with Crippen molar-refractivity contribution in [1.29, 1.82) is 0 Å². The molecule has 28 valence electrons. The predicted octanol–water partition coefficient (Wildman–Crippen LogP) is 2.36.